The second-order valence-electron chi connectivity index (χ2n) is 5.17. The Labute approximate surface area is 147 Å². The molecule has 3 aromatic rings. The first-order valence-electron chi connectivity index (χ1n) is 7.44. The number of methoxy groups -OCH3 is 1. The number of H-pyrrole nitrogens is 1. The molecule has 0 saturated heterocycles. The van der Waals surface area contributed by atoms with Crippen LogP contribution >= 0.6 is 11.6 Å². The summed E-state index contributed by atoms with van der Waals surface area (Å²) >= 11 is 6.06. The molecule has 0 unspecified atom stereocenters. The first-order chi connectivity index (χ1) is 12.1. The van der Waals surface area contributed by atoms with Gasteiger partial charge in [-0.2, -0.15) is 0 Å². The van der Waals surface area contributed by atoms with Gasteiger partial charge in [0.1, 0.15) is 0 Å². The molecule has 0 aliphatic carbocycles. The van der Waals surface area contributed by atoms with Gasteiger partial charge >= 0.3 is 0 Å². The van der Waals surface area contributed by atoms with Crippen LogP contribution in [0.25, 0.3) is 11.2 Å². The maximum Gasteiger partial charge on any atom is 0.287 e. The quantitative estimate of drug-likeness (QED) is 0.668. The molecule has 0 spiro atoms. The normalized spacial score (nSPS) is 11.0. The number of aromatic nitrogens is 5. The van der Waals surface area contributed by atoms with Gasteiger partial charge in [0, 0.05) is 18.7 Å². The third kappa shape index (κ3) is 3.67. The summed E-state index contributed by atoms with van der Waals surface area (Å²) in [7, 11) is 1.55. The van der Waals surface area contributed by atoms with E-state index in [2.05, 4.69) is 25.6 Å². The Balaban J connectivity index is 1.83. The fraction of sp³-hybridized carbons (Fsp3) is 0.267. The van der Waals surface area contributed by atoms with Crippen LogP contribution in [0.3, 0.4) is 0 Å². The maximum atomic E-state index is 12.3. The molecule has 0 atom stereocenters. The molecule has 0 fully saturated rings. The van der Waals surface area contributed by atoms with Gasteiger partial charge in [0.2, 0.25) is 5.82 Å². The molecule has 25 heavy (non-hydrogen) atoms. The lowest BCUT2D eigenvalue weighted by atomic mass is 10.2. The molecular formula is C15H15ClN6O3. The number of nitrogens with one attached hydrogen (secondary N) is 2. The molecule has 10 heteroatoms. The summed E-state index contributed by atoms with van der Waals surface area (Å²) in [4.78, 5) is 31.0. The van der Waals surface area contributed by atoms with Gasteiger partial charge in [-0.3, -0.25) is 9.59 Å². The lowest BCUT2D eigenvalue weighted by molar-refractivity contribution is 0.0940. The van der Waals surface area contributed by atoms with Crippen molar-refractivity contribution >= 4 is 28.7 Å². The van der Waals surface area contributed by atoms with Crippen LogP contribution in [0.15, 0.2) is 29.1 Å². The number of ether oxygens (including phenoxy) is 1. The number of hydrogen-bond donors (Lipinski definition) is 2. The molecule has 3 rings (SSSR count). The van der Waals surface area contributed by atoms with Gasteiger partial charge in [0.05, 0.1) is 13.2 Å². The Morgan fingerprint density at radius 2 is 2.20 bits per heavy atom. The van der Waals surface area contributed by atoms with E-state index in [1.165, 1.54) is 4.68 Å². The number of aromatic amines is 1. The SMILES string of the molecule is COCCn1nnc2c(=O)[nH]c(C(=O)NCc3ccccc3Cl)nc21. The lowest BCUT2D eigenvalue weighted by Crippen LogP contribution is -2.28. The van der Waals surface area contributed by atoms with Crippen LogP contribution in [-0.4, -0.2) is 44.6 Å². The number of nitrogens with zero attached hydrogens (tertiary/aromatic N) is 4. The highest BCUT2D eigenvalue weighted by molar-refractivity contribution is 6.31. The van der Waals surface area contributed by atoms with E-state index in [9.17, 15) is 9.59 Å². The van der Waals surface area contributed by atoms with Crippen LogP contribution < -0.4 is 10.9 Å². The predicted molar refractivity (Wildman–Crippen MR) is 90.4 cm³/mol. The van der Waals surface area contributed by atoms with Crippen molar-refractivity contribution < 1.29 is 9.53 Å². The highest BCUT2D eigenvalue weighted by Crippen LogP contribution is 2.14. The fourth-order valence-corrected chi connectivity index (χ4v) is 2.41. The topological polar surface area (TPSA) is 115 Å². The standard InChI is InChI=1S/C15H15ClN6O3/c1-25-7-6-22-13-11(20-21-22)14(23)19-12(18-13)15(24)17-8-9-4-2-3-5-10(9)16/h2-5H,6-8H2,1H3,(H,17,24)(H,18,19,23). The zero-order valence-corrected chi connectivity index (χ0v) is 14.1. The lowest BCUT2D eigenvalue weighted by Gasteiger charge is -2.06. The van der Waals surface area contributed by atoms with E-state index in [1.807, 2.05) is 6.07 Å². The van der Waals surface area contributed by atoms with Gasteiger partial charge in [0.15, 0.2) is 11.2 Å². The second kappa shape index (κ2) is 7.41. The number of halogens is 1. The van der Waals surface area contributed by atoms with Gasteiger partial charge in [-0.15, -0.1) is 5.10 Å². The summed E-state index contributed by atoms with van der Waals surface area (Å²) in [6.07, 6.45) is 0. The van der Waals surface area contributed by atoms with Crippen LogP contribution in [0.5, 0.6) is 0 Å². The van der Waals surface area contributed by atoms with Crippen LogP contribution in [-0.2, 0) is 17.8 Å². The molecule has 0 aliphatic rings. The summed E-state index contributed by atoms with van der Waals surface area (Å²) in [5.74, 6) is -0.649. The van der Waals surface area contributed by atoms with Crippen molar-refractivity contribution in [2.45, 2.75) is 13.1 Å². The van der Waals surface area contributed by atoms with Crippen molar-refractivity contribution in [2.24, 2.45) is 0 Å². The zero-order chi connectivity index (χ0) is 17.8. The third-order valence-electron chi connectivity index (χ3n) is 3.49. The van der Waals surface area contributed by atoms with Gasteiger partial charge in [-0.1, -0.05) is 35.0 Å². The number of benzene rings is 1. The fourth-order valence-electron chi connectivity index (χ4n) is 2.20. The monoisotopic (exact) mass is 362 g/mol. The first-order valence-corrected chi connectivity index (χ1v) is 7.82. The van der Waals surface area contributed by atoms with Crippen molar-refractivity contribution in [1.29, 1.82) is 0 Å². The van der Waals surface area contributed by atoms with Crippen LogP contribution in [0.2, 0.25) is 5.02 Å². The molecule has 0 bridgehead atoms. The Morgan fingerprint density at radius 1 is 1.40 bits per heavy atom. The molecule has 130 valence electrons. The molecule has 2 aromatic heterocycles. The number of fused-ring (bicyclic) bond motifs is 1. The number of rotatable bonds is 6. The molecule has 1 amide bonds. The second-order valence-corrected chi connectivity index (χ2v) is 5.57. The summed E-state index contributed by atoms with van der Waals surface area (Å²) in [6, 6.07) is 7.15. The van der Waals surface area contributed by atoms with Gasteiger partial charge in [-0.05, 0) is 11.6 Å². The minimum Gasteiger partial charge on any atom is -0.383 e. The van der Waals surface area contributed by atoms with Crippen molar-refractivity contribution in [3.8, 4) is 0 Å². The average Bonchev–Trinajstić information content (AvgIpc) is 3.02. The molecule has 0 radical (unpaired) electrons. The molecular weight excluding hydrogens is 348 g/mol. The zero-order valence-electron chi connectivity index (χ0n) is 13.3. The largest absolute Gasteiger partial charge is 0.383 e. The number of amides is 1. The molecule has 0 saturated carbocycles. The Morgan fingerprint density at radius 3 is 2.96 bits per heavy atom. The number of carbonyl (C=O) groups is 1. The van der Waals surface area contributed by atoms with Crippen molar-refractivity contribution in [3.05, 3.63) is 51.0 Å². The Hall–Kier alpha value is -2.78. The van der Waals surface area contributed by atoms with E-state index >= 15 is 0 Å². The van der Waals surface area contributed by atoms with Crippen LogP contribution in [0, 0.1) is 0 Å². The first kappa shape index (κ1) is 17.1. The van der Waals surface area contributed by atoms with E-state index in [4.69, 9.17) is 16.3 Å². The molecule has 0 aliphatic heterocycles. The summed E-state index contributed by atoms with van der Waals surface area (Å²) in [5, 5.41) is 10.8. The van der Waals surface area contributed by atoms with E-state index in [0.717, 1.165) is 5.56 Å². The number of carbonyl (C=O) groups excluding carboxylic acids is 1. The third-order valence-corrected chi connectivity index (χ3v) is 3.86. The van der Waals surface area contributed by atoms with Gasteiger partial charge in [-0.25, -0.2) is 9.67 Å². The van der Waals surface area contributed by atoms with Crippen molar-refractivity contribution in [2.75, 3.05) is 13.7 Å². The average molecular weight is 363 g/mol. The highest BCUT2D eigenvalue weighted by Gasteiger charge is 2.16. The number of hydrogen-bond acceptors (Lipinski definition) is 6. The maximum absolute atomic E-state index is 12.3. The summed E-state index contributed by atoms with van der Waals surface area (Å²) < 4.78 is 6.39. The Kier molecular flexibility index (Phi) is 5.05. The smallest absolute Gasteiger partial charge is 0.287 e. The summed E-state index contributed by atoms with van der Waals surface area (Å²) in [6.45, 7) is 0.951. The van der Waals surface area contributed by atoms with E-state index in [-0.39, 0.29) is 23.5 Å². The van der Waals surface area contributed by atoms with E-state index < -0.39 is 11.5 Å². The van der Waals surface area contributed by atoms with Crippen LogP contribution in [0.1, 0.15) is 16.2 Å². The van der Waals surface area contributed by atoms with Gasteiger partial charge < -0.3 is 15.0 Å². The molecule has 2 N–H and O–H groups in total. The van der Waals surface area contributed by atoms with E-state index in [1.54, 1.807) is 25.3 Å². The van der Waals surface area contributed by atoms with Crippen molar-refractivity contribution in [1.82, 2.24) is 30.3 Å². The van der Waals surface area contributed by atoms with Crippen molar-refractivity contribution in [3.63, 3.8) is 0 Å². The van der Waals surface area contributed by atoms with Crippen LogP contribution in [0.4, 0.5) is 0 Å². The highest BCUT2D eigenvalue weighted by atomic mass is 35.5. The summed E-state index contributed by atoms with van der Waals surface area (Å²) in [5.41, 5.74) is 0.520. The van der Waals surface area contributed by atoms with E-state index in [0.29, 0.717) is 18.2 Å². The van der Waals surface area contributed by atoms with Gasteiger partial charge in [0.25, 0.3) is 11.5 Å². The molecule has 1 aromatic carbocycles. The predicted octanol–water partition coefficient (Wildman–Crippen LogP) is 0.744. The minimum atomic E-state index is -0.531. The Bertz CT molecular complexity index is 967. The molecule has 9 nitrogen and oxygen atoms in total. The molecule has 2 heterocycles. The minimum absolute atomic E-state index is 0.0683.